The van der Waals surface area contributed by atoms with Gasteiger partial charge in [-0.15, -0.1) is 0 Å². The van der Waals surface area contributed by atoms with E-state index in [9.17, 15) is 27.6 Å². The van der Waals surface area contributed by atoms with Gasteiger partial charge in [0.25, 0.3) is 5.91 Å². The highest BCUT2D eigenvalue weighted by Gasteiger charge is 2.33. The van der Waals surface area contributed by atoms with Gasteiger partial charge in [0.2, 0.25) is 11.8 Å². The van der Waals surface area contributed by atoms with E-state index in [1.807, 2.05) is 30.3 Å². The highest BCUT2D eigenvalue weighted by molar-refractivity contribution is 6.01. The van der Waals surface area contributed by atoms with Crippen molar-refractivity contribution in [2.24, 2.45) is 5.92 Å². The molecule has 3 amide bonds. The normalized spacial score (nSPS) is 14.7. The number of carbonyl (C=O) groups excluding carboxylic acids is 3. The zero-order valence-electron chi connectivity index (χ0n) is 23.9. The number of halogens is 3. The maximum atomic E-state index is 13.5. The van der Waals surface area contributed by atoms with Gasteiger partial charge in [-0.3, -0.25) is 14.4 Å². The minimum Gasteiger partial charge on any atom is -0.344 e. The van der Waals surface area contributed by atoms with E-state index in [0.717, 1.165) is 25.0 Å². The highest BCUT2D eigenvalue weighted by atomic mass is 19.4. The van der Waals surface area contributed by atoms with Crippen molar-refractivity contribution in [2.75, 3.05) is 26.7 Å². The molecule has 6 nitrogen and oxygen atoms in total. The van der Waals surface area contributed by atoms with Crippen LogP contribution in [0, 0.1) is 5.92 Å². The fourth-order valence-electron chi connectivity index (χ4n) is 5.19. The van der Waals surface area contributed by atoms with Crippen molar-refractivity contribution in [3.05, 3.63) is 95.6 Å². The second kappa shape index (κ2) is 13.7. The lowest BCUT2D eigenvalue weighted by Crippen LogP contribution is -2.47. The summed E-state index contributed by atoms with van der Waals surface area (Å²) in [6, 6.07) is 20.0. The van der Waals surface area contributed by atoms with Crippen molar-refractivity contribution in [1.82, 2.24) is 15.1 Å². The average Bonchev–Trinajstić information content (AvgIpc) is 3.01. The molecule has 3 aromatic carbocycles. The molecule has 0 saturated carbocycles. The zero-order valence-corrected chi connectivity index (χ0v) is 23.9. The molecule has 3 aromatic rings. The van der Waals surface area contributed by atoms with E-state index in [0.29, 0.717) is 54.7 Å². The standard InChI is InChI=1S/C33H36F3N3O3/c1-3-4-20-38(2)32(42)29(24-10-6-5-7-11-24)37-30(40)25-18-21-39(22-19-25)31(41)28-13-9-8-12-27(28)23-14-16-26(17-15-23)33(34,35)36/h5-17,25,29H,3-4,18-22H2,1-2H3,(H,37,40)/t29-/m0/s1. The number of amides is 3. The molecule has 1 aliphatic rings. The van der Waals surface area contributed by atoms with Crippen molar-refractivity contribution >= 4 is 17.7 Å². The van der Waals surface area contributed by atoms with Crippen molar-refractivity contribution < 1.29 is 27.6 Å². The number of piperidine rings is 1. The molecule has 0 spiro atoms. The Bertz CT molecular complexity index is 1370. The predicted molar refractivity (Wildman–Crippen MR) is 155 cm³/mol. The maximum Gasteiger partial charge on any atom is 0.416 e. The Hall–Kier alpha value is -4.14. The van der Waals surface area contributed by atoms with Crippen LogP contribution in [0.1, 0.15) is 60.1 Å². The number of hydrogen-bond acceptors (Lipinski definition) is 3. The number of likely N-dealkylation sites (N-methyl/N-ethyl adjacent to an activating group) is 1. The number of hydrogen-bond donors (Lipinski definition) is 1. The van der Waals surface area contributed by atoms with Crippen LogP contribution in [0.3, 0.4) is 0 Å². The van der Waals surface area contributed by atoms with Crippen LogP contribution < -0.4 is 5.32 Å². The van der Waals surface area contributed by atoms with Crippen molar-refractivity contribution in [3.63, 3.8) is 0 Å². The summed E-state index contributed by atoms with van der Waals surface area (Å²) >= 11 is 0. The van der Waals surface area contributed by atoms with Gasteiger partial charge in [-0.05, 0) is 54.2 Å². The fraction of sp³-hybridized carbons (Fsp3) is 0.364. The number of carbonyl (C=O) groups is 3. The third kappa shape index (κ3) is 7.38. The van der Waals surface area contributed by atoms with Crippen LogP contribution in [0.2, 0.25) is 0 Å². The molecule has 0 aliphatic carbocycles. The summed E-state index contributed by atoms with van der Waals surface area (Å²) in [5.74, 6) is -0.993. The van der Waals surface area contributed by atoms with Crippen LogP contribution in [-0.4, -0.2) is 54.2 Å². The SMILES string of the molecule is CCCCN(C)C(=O)[C@@H](NC(=O)C1CCN(C(=O)c2ccccc2-c2ccc(C(F)(F)F)cc2)CC1)c1ccccc1. The quantitative estimate of drug-likeness (QED) is 0.322. The van der Waals surface area contributed by atoms with E-state index in [4.69, 9.17) is 0 Å². The van der Waals surface area contributed by atoms with E-state index >= 15 is 0 Å². The smallest absolute Gasteiger partial charge is 0.344 e. The third-order valence-electron chi connectivity index (χ3n) is 7.72. The minimum absolute atomic E-state index is 0.171. The highest BCUT2D eigenvalue weighted by Crippen LogP contribution is 2.32. The molecule has 1 heterocycles. The molecule has 0 radical (unpaired) electrons. The number of nitrogens with zero attached hydrogens (tertiary/aromatic N) is 2. The van der Waals surface area contributed by atoms with Gasteiger partial charge in [0.1, 0.15) is 6.04 Å². The maximum absolute atomic E-state index is 13.5. The summed E-state index contributed by atoms with van der Waals surface area (Å²) in [6.45, 7) is 3.35. The van der Waals surface area contributed by atoms with Gasteiger partial charge < -0.3 is 15.1 Å². The topological polar surface area (TPSA) is 69.7 Å². The molecular formula is C33H36F3N3O3. The molecule has 1 aliphatic heterocycles. The molecule has 0 aromatic heterocycles. The Morgan fingerprint density at radius 1 is 0.929 bits per heavy atom. The lowest BCUT2D eigenvalue weighted by atomic mass is 9.93. The summed E-state index contributed by atoms with van der Waals surface area (Å²) in [5.41, 5.74) is 1.42. The van der Waals surface area contributed by atoms with E-state index in [2.05, 4.69) is 12.2 Å². The van der Waals surface area contributed by atoms with Gasteiger partial charge in [-0.2, -0.15) is 13.2 Å². The molecule has 1 atom stereocenters. The molecule has 1 N–H and O–H groups in total. The van der Waals surface area contributed by atoms with Crippen LogP contribution in [-0.2, 0) is 15.8 Å². The van der Waals surface area contributed by atoms with Crippen molar-refractivity contribution in [1.29, 1.82) is 0 Å². The summed E-state index contributed by atoms with van der Waals surface area (Å²) in [5, 5.41) is 2.97. The number of unbranched alkanes of at least 4 members (excludes halogenated alkanes) is 1. The fourth-order valence-corrected chi connectivity index (χ4v) is 5.19. The predicted octanol–water partition coefficient (Wildman–Crippen LogP) is 6.34. The Kier molecular flexibility index (Phi) is 10.0. The van der Waals surface area contributed by atoms with E-state index in [1.54, 1.807) is 41.1 Å². The van der Waals surface area contributed by atoms with Crippen molar-refractivity contribution in [3.8, 4) is 11.1 Å². The zero-order chi connectivity index (χ0) is 30.3. The van der Waals surface area contributed by atoms with Gasteiger partial charge in [-0.25, -0.2) is 0 Å². The van der Waals surface area contributed by atoms with Gasteiger partial charge in [-0.1, -0.05) is 74.0 Å². The molecule has 222 valence electrons. The number of rotatable bonds is 9. The number of nitrogens with one attached hydrogen (secondary N) is 1. The Labute approximate surface area is 244 Å². The number of alkyl halides is 3. The molecule has 1 fully saturated rings. The van der Waals surface area contributed by atoms with Gasteiger partial charge in [0.15, 0.2) is 0 Å². The summed E-state index contributed by atoms with van der Waals surface area (Å²) in [7, 11) is 1.74. The van der Waals surface area contributed by atoms with Crippen molar-refractivity contribution in [2.45, 2.75) is 44.8 Å². The van der Waals surface area contributed by atoms with Crippen LogP contribution in [0.15, 0.2) is 78.9 Å². The Morgan fingerprint density at radius 2 is 1.55 bits per heavy atom. The lowest BCUT2D eigenvalue weighted by Gasteiger charge is -2.33. The first kappa shape index (κ1) is 30.8. The summed E-state index contributed by atoms with van der Waals surface area (Å²) < 4.78 is 39.1. The summed E-state index contributed by atoms with van der Waals surface area (Å²) in [4.78, 5) is 43.5. The summed E-state index contributed by atoms with van der Waals surface area (Å²) in [6.07, 6.45) is -1.76. The van der Waals surface area contributed by atoms with Gasteiger partial charge in [0.05, 0.1) is 5.56 Å². The second-order valence-electron chi connectivity index (χ2n) is 10.7. The first-order valence-electron chi connectivity index (χ1n) is 14.3. The Morgan fingerprint density at radius 3 is 2.17 bits per heavy atom. The molecule has 42 heavy (non-hydrogen) atoms. The van der Waals surface area contributed by atoms with E-state index in [-0.39, 0.29) is 23.6 Å². The largest absolute Gasteiger partial charge is 0.416 e. The lowest BCUT2D eigenvalue weighted by molar-refractivity contribution is -0.137. The van der Waals surface area contributed by atoms with Gasteiger partial charge in [0, 0.05) is 38.2 Å². The third-order valence-corrected chi connectivity index (χ3v) is 7.72. The van der Waals surface area contributed by atoms with Crippen LogP contribution >= 0.6 is 0 Å². The van der Waals surface area contributed by atoms with E-state index in [1.165, 1.54) is 12.1 Å². The van der Waals surface area contributed by atoms with Crippen LogP contribution in [0.4, 0.5) is 13.2 Å². The minimum atomic E-state index is -4.44. The molecule has 4 rings (SSSR count). The molecule has 0 unspecified atom stereocenters. The average molecular weight is 580 g/mol. The monoisotopic (exact) mass is 579 g/mol. The second-order valence-corrected chi connectivity index (χ2v) is 10.7. The molecular weight excluding hydrogens is 543 g/mol. The molecule has 9 heteroatoms. The Balaban J connectivity index is 1.42. The number of benzene rings is 3. The van der Waals surface area contributed by atoms with Crippen LogP contribution in [0.25, 0.3) is 11.1 Å². The number of likely N-dealkylation sites (tertiary alicyclic amines) is 1. The first-order chi connectivity index (χ1) is 20.1. The first-order valence-corrected chi connectivity index (χ1v) is 14.3. The van der Waals surface area contributed by atoms with E-state index < -0.39 is 17.8 Å². The molecule has 0 bridgehead atoms. The van der Waals surface area contributed by atoms with Crippen LogP contribution in [0.5, 0.6) is 0 Å². The molecule has 1 saturated heterocycles. The van der Waals surface area contributed by atoms with Gasteiger partial charge >= 0.3 is 6.18 Å².